The van der Waals surface area contributed by atoms with Gasteiger partial charge in [0, 0.05) is 24.5 Å². The largest absolute Gasteiger partial charge is 0.454 e. The van der Waals surface area contributed by atoms with Gasteiger partial charge in [0.1, 0.15) is 0 Å². The molecule has 4 heterocycles. The second-order valence-electron chi connectivity index (χ2n) is 6.72. The summed E-state index contributed by atoms with van der Waals surface area (Å²) in [4.78, 5) is 9.04. The van der Waals surface area contributed by atoms with Crippen molar-refractivity contribution >= 4 is 11.5 Å². The van der Waals surface area contributed by atoms with Gasteiger partial charge < -0.3 is 24.3 Å². The van der Waals surface area contributed by atoms with Gasteiger partial charge in [0.05, 0.1) is 11.9 Å². The number of aromatic nitrogens is 3. The van der Waals surface area contributed by atoms with Gasteiger partial charge in [-0.1, -0.05) is 6.07 Å². The van der Waals surface area contributed by atoms with Crippen molar-refractivity contribution < 1.29 is 18.9 Å². The van der Waals surface area contributed by atoms with E-state index < -0.39 is 0 Å². The fraction of sp³-hybridized carbons (Fsp3) is 0.143. The first-order chi connectivity index (χ1) is 14.3. The topological polar surface area (TPSA) is 79.1 Å². The molecule has 144 valence electrons. The summed E-state index contributed by atoms with van der Waals surface area (Å²) in [5, 5.41) is 3.37. The van der Waals surface area contributed by atoms with Gasteiger partial charge in [0.2, 0.25) is 13.6 Å². The third-order valence-corrected chi connectivity index (χ3v) is 4.99. The summed E-state index contributed by atoms with van der Waals surface area (Å²) in [5.41, 5.74) is 3.77. The van der Waals surface area contributed by atoms with E-state index in [1.54, 1.807) is 6.20 Å². The molecule has 0 radical (unpaired) electrons. The maximum Gasteiger partial charge on any atom is 0.231 e. The Morgan fingerprint density at radius 1 is 0.862 bits per heavy atom. The monoisotopic (exact) mass is 388 g/mol. The normalized spacial score (nSPS) is 13.8. The number of nitrogens with zero attached hydrogens (tertiary/aromatic N) is 3. The maximum absolute atomic E-state index is 5.50. The van der Waals surface area contributed by atoms with Crippen LogP contribution in [0, 0.1) is 0 Å². The number of hydrogen-bond donors (Lipinski definition) is 1. The molecule has 0 bridgehead atoms. The molecule has 8 heteroatoms. The van der Waals surface area contributed by atoms with Gasteiger partial charge in [-0.2, -0.15) is 0 Å². The van der Waals surface area contributed by atoms with E-state index in [1.165, 1.54) is 0 Å². The Balaban J connectivity index is 1.30. The summed E-state index contributed by atoms with van der Waals surface area (Å²) in [6.07, 6.45) is 5.49. The molecule has 8 nitrogen and oxygen atoms in total. The first-order valence-electron chi connectivity index (χ1n) is 9.20. The second-order valence-corrected chi connectivity index (χ2v) is 6.72. The Morgan fingerprint density at radius 2 is 1.62 bits per heavy atom. The van der Waals surface area contributed by atoms with E-state index in [9.17, 15) is 0 Å². The van der Waals surface area contributed by atoms with Crippen molar-refractivity contribution in [1.29, 1.82) is 0 Å². The number of anilines is 1. The Bertz CT molecular complexity index is 1240. The smallest absolute Gasteiger partial charge is 0.231 e. The number of hydrogen-bond acceptors (Lipinski definition) is 7. The molecule has 2 aliphatic rings. The van der Waals surface area contributed by atoms with Crippen LogP contribution in [0.4, 0.5) is 5.82 Å². The average molecular weight is 388 g/mol. The summed E-state index contributed by atoms with van der Waals surface area (Å²) < 4.78 is 23.7. The fourth-order valence-corrected chi connectivity index (χ4v) is 3.55. The van der Waals surface area contributed by atoms with Crippen LogP contribution in [-0.4, -0.2) is 28.0 Å². The lowest BCUT2D eigenvalue weighted by Crippen LogP contribution is -2.04. The van der Waals surface area contributed by atoms with Crippen molar-refractivity contribution in [3.8, 4) is 34.3 Å². The fourth-order valence-electron chi connectivity index (χ4n) is 3.55. The van der Waals surface area contributed by atoms with Crippen LogP contribution in [0.15, 0.2) is 55.0 Å². The van der Waals surface area contributed by atoms with Gasteiger partial charge in [-0.25, -0.2) is 9.97 Å². The maximum atomic E-state index is 5.50. The lowest BCUT2D eigenvalue weighted by Gasteiger charge is -2.09. The molecule has 2 aliphatic heterocycles. The standard InChI is InChI=1S/C21H16N4O4/c1-3-16-18(28-11-26-16)7-13(1)9-23-20-21-24-10-15(25(21)6-5-22-20)14-2-4-17-19(8-14)29-12-27-17/h1-8,10H,9,11-12H2,(H,22,23). The minimum absolute atomic E-state index is 0.254. The molecule has 4 aromatic rings. The highest BCUT2D eigenvalue weighted by Crippen LogP contribution is 2.36. The van der Waals surface area contributed by atoms with Gasteiger partial charge >= 0.3 is 0 Å². The molecule has 29 heavy (non-hydrogen) atoms. The molecule has 0 atom stereocenters. The second kappa shape index (κ2) is 6.30. The Labute approximate surface area is 165 Å². The van der Waals surface area contributed by atoms with E-state index in [4.69, 9.17) is 18.9 Å². The van der Waals surface area contributed by atoms with E-state index in [1.807, 2.05) is 53.2 Å². The first-order valence-corrected chi connectivity index (χ1v) is 9.20. The van der Waals surface area contributed by atoms with Crippen LogP contribution in [-0.2, 0) is 6.54 Å². The van der Waals surface area contributed by atoms with E-state index >= 15 is 0 Å². The van der Waals surface area contributed by atoms with Crippen LogP contribution in [0.5, 0.6) is 23.0 Å². The minimum Gasteiger partial charge on any atom is -0.454 e. The van der Waals surface area contributed by atoms with Crippen LogP contribution in [0.3, 0.4) is 0 Å². The first kappa shape index (κ1) is 16.1. The van der Waals surface area contributed by atoms with E-state index in [2.05, 4.69) is 15.3 Å². The van der Waals surface area contributed by atoms with Gasteiger partial charge in [-0.3, -0.25) is 4.40 Å². The zero-order chi connectivity index (χ0) is 19.2. The van der Waals surface area contributed by atoms with Gasteiger partial charge in [0.25, 0.3) is 0 Å². The third kappa shape index (κ3) is 2.68. The zero-order valence-corrected chi connectivity index (χ0v) is 15.3. The number of benzene rings is 2. The summed E-state index contributed by atoms with van der Waals surface area (Å²) in [5.74, 6) is 3.75. The van der Waals surface area contributed by atoms with Crippen molar-refractivity contribution in [2.75, 3.05) is 18.9 Å². The highest BCUT2D eigenvalue weighted by atomic mass is 16.7. The number of imidazole rings is 1. The molecular formula is C21H16N4O4. The quantitative estimate of drug-likeness (QED) is 0.573. The molecule has 2 aromatic carbocycles. The summed E-state index contributed by atoms with van der Waals surface area (Å²) in [6.45, 7) is 1.11. The molecule has 0 saturated heterocycles. The number of fused-ring (bicyclic) bond motifs is 3. The molecule has 1 N–H and O–H groups in total. The van der Waals surface area contributed by atoms with Crippen molar-refractivity contribution in [2.45, 2.75) is 6.54 Å². The Kier molecular flexibility index (Phi) is 3.49. The van der Waals surface area contributed by atoms with E-state index in [0.717, 1.165) is 45.5 Å². The molecule has 0 fully saturated rings. The number of ether oxygens (including phenoxy) is 4. The van der Waals surface area contributed by atoms with Crippen molar-refractivity contribution in [3.05, 3.63) is 60.6 Å². The predicted molar refractivity (Wildman–Crippen MR) is 104 cm³/mol. The molecule has 0 unspecified atom stereocenters. The predicted octanol–water partition coefficient (Wildman–Crippen LogP) is 3.47. The molecular weight excluding hydrogens is 372 g/mol. The molecule has 0 amide bonds. The van der Waals surface area contributed by atoms with Crippen LogP contribution in [0.2, 0.25) is 0 Å². The Hall–Kier alpha value is -3.94. The van der Waals surface area contributed by atoms with Crippen LogP contribution < -0.4 is 24.3 Å². The minimum atomic E-state index is 0.254. The molecule has 0 saturated carbocycles. The van der Waals surface area contributed by atoms with E-state index in [-0.39, 0.29) is 13.6 Å². The number of nitrogens with one attached hydrogen (secondary N) is 1. The van der Waals surface area contributed by atoms with Crippen molar-refractivity contribution in [3.63, 3.8) is 0 Å². The highest BCUT2D eigenvalue weighted by Gasteiger charge is 2.17. The van der Waals surface area contributed by atoms with Crippen LogP contribution >= 0.6 is 0 Å². The zero-order valence-electron chi connectivity index (χ0n) is 15.3. The highest BCUT2D eigenvalue weighted by molar-refractivity contribution is 5.72. The van der Waals surface area contributed by atoms with Gasteiger partial charge in [-0.15, -0.1) is 0 Å². The summed E-state index contributed by atoms with van der Waals surface area (Å²) in [7, 11) is 0. The number of rotatable bonds is 4. The SMILES string of the molecule is c1cn2c(-c3ccc4c(c3)OCO4)cnc2c(NCc2ccc3c(c2)OCO3)n1. The summed E-state index contributed by atoms with van der Waals surface area (Å²) in [6, 6.07) is 11.8. The van der Waals surface area contributed by atoms with Crippen molar-refractivity contribution in [1.82, 2.24) is 14.4 Å². The average Bonchev–Trinajstić information content (AvgIpc) is 3.50. The van der Waals surface area contributed by atoms with Crippen LogP contribution in [0.1, 0.15) is 5.56 Å². The summed E-state index contributed by atoms with van der Waals surface area (Å²) >= 11 is 0. The van der Waals surface area contributed by atoms with E-state index in [0.29, 0.717) is 12.4 Å². The molecule has 2 aromatic heterocycles. The third-order valence-electron chi connectivity index (χ3n) is 4.99. The molecule has 6 rings (SSSR count). The van der Waals surface area contributed by atoms with Crippen LogP contribution in [0.25, 0.3) is 16.9 Å². The molecule has 0 aliphatic carbocycles. The van der Waals surface area contributed by atoms with Gasteiger partial charge in [-0.05, 0) is 35.9 Å². The van der Waals surface area contributed by atoms with Crippen molar-refractivity contribution in [2.24, 2.45) is 0 Å². The molecule has 0 spiro atoms. The lowest BCUT2D eigenvalue weighted by atomic mass is 10.1. The Morgan fingerprint density at radius 3 is 2.48 bits per heavy atom. The lowest BCUT2D eigenvalue weighted by molar-refractivity contribution is 0.173. The van der Waals surface area contributed by atoms with Gasteiger partial charge in [0.15, 0.2) is 34.5 Å².